The number of methoxy groups -OCH3 is 1. The molecule has 0 atom stereocenters. The molecule has 0 radical (unpaired) electrons. The molecule has 0 spiro atoms. The maximum Gasteiger partial charge on any atom is 0.338 e. The van der Waals surface area contributed by atoms with Crippen LogP contribution in [0.5, 0.6) is 5.75 Å². The molecule has 2 aromatic rings. The number of amides is 1. The zero-order valence-electron chi connectivity index (χ0n) is 16.5. The van der Waals surface area contributed by atoms with E-state index in [0.717, 1.165) is 0 Å². The second-order valence-corrected chi connectivity index (χ2v) is 7.21. The maximum atomic E-state index is 12.3. The molecule has 0 bridgehead atoms. The van der Waals surface area contributed by atoms with E-state index in [0.29, 0.717) is 28.5 Å². The number of esters is 1. The Balaban J connectivity index is 1.55. The number of rotatable bonds is 6. The van der Waals surface area contributed by atoms with E-state index in [1.165, 1.54) is 44.8 Å². The molecule has 1 aliphatic carbocycles. The number of ether oxygens (including phenoxy) is 2. The molecular weight excluding hydrogens is 354 g/mol. The van der Waals surface area contributed by atoms with Gasteiger partial charge in [-0.3, -0.25) is 4.79 Å². The number of nitrogens with one attached hydrogen (secondary N) is 1. The fourth-order valence-electron chi connectivity index (χ4n) is 3.71. The smallest absolute Gasteiger partial charge is 0.338 e. The zero-order valence-corrected chi connectivity index (χ0v) is 16.5. The predicted octanol–water partition coefficient (Wildman–Crippen LogP) is 4.85. The summed E-state index contributed by atoms with van der Waals surface area (Å²) in [5.74, 6) is 0.621. The number of anilines is 1. The molecule has 0 aliphatic heterocycles. The molecule has 5 heteroatoms. The van der Waals surface area contributed by atoms with Crippen molar-refractivity contribution < 1.29 is 19.1 Å². The van der Waals surface area contributed by atoms with Crippen LogP contribution in [0.4, 0.5) is 5.69 Å². The number of hydrogen-bond acceptors (Lipinski definition) is 4. The Morgan fingerprint density at radius 2 is 1.75 bits per heavy atom. The van der Waals surface area contributed by atoms with Gasteiger partial charge in [-0.05, 0) is 61.1 Å². The third kappa shape index (κ3) is 4.91. The molecule has 1 N–H and O–H groups in total. The van der Waals surface area contributed by atoms with Crippen molar-refractivity contribution in [3.63, 3.8) is 0 Å². The van der Waals surface area contributed by atoms with Crippen LogP contribution in [0.25, 0.3) is 0 Å². The largest absolute Gasteiger partial charge is 0.484 e. The quantitative estimate of drug-likeness (QED) is 0.727. The predicted molar refractivity (Wildman–Crippen MR) is 109 cm³/mol. The third-order valence-electron chi connectivity index (χ3n) is 5.34. The lowest BCUT2D eigenvalue weighted by atomic mass is 9.84. The highest BCUT2D eigenvalue weighted by Crippen LogP contribution is 2.33. The average Bonchev–Trinajstić information content (AvgIpc) is 2.74. The van der Waals surface area contributed by atoms with Crippen molar-refractivity contribution in [2.24, 2.45) is 0 Å². The van der Waals surface area contributed by atoms with E-state index in [4.69, 9.17) is 9.47 Å². The fourth-order valence-corrected chi connectivity index (χ4v) is 3.71. The van der Waals surface area contributed by atoms with Gasteiger partial charge in [-0.2, -0.15) is 0 Å². The number of benzene rings is 2. The van der Waals surface area contributed by atoms with E-state index in [1.54, 1.807) is 25.1 Å². The van der Waals surface area contributed by atoms with Gasteiger partial charge >= 0.3 is 5.97 Å². The van der Waals surface area contributed by atoms with Crippen molar-refractivity contribution in [2.75, 3.05) is 19.0 Å². The van der Waals surface area contributed by atoms with Crippen LogP contribution >= 0.6 is 0 Å². The van der Waals surface area contributed by atoms with Gasteiger partial charge in [0.25, 0.3) is 5.91 Å². The SMILES string of the molecule is COC(=O)c1cccc(NC(=O)COc2ccc(C3CCCCC3)cc2)c1C. The first-order chi connectivity index (χ1) is 13.6. The van der Waals surface area contributed by atoms with Gasteiger partial charge in [0.2, 0.25) is 0 Å². The van der Waals surface area contributed by atoms with Crippen LogP contribution in [0.15, 0.2) is 42.5 Å². The van der Waals surface area contributed by atoms with Gasteiger partial charge in [-0.25, -0.2) is 4.79 Å². The van der Waals surface area contributed by atoms with Crippen LogP contribution in [0.2, 0.25) is 0 Å². The second kappa shape index (κ2) is 9.40. The van der Waals surface area contributed by atoms with Gasteiger partial charge in [0.05, 0.1) is 12.7 Å². The Labute approximate surface area is 166 Å². The van der Waals surface area contributed by atoms with Gasteiger partial charge in [0.15, 0.2) is 6.61 Å². The van der Waals surface area contributed by atoms with Crippen LogP contribution in [0, 0.1) is 6.92 Å². The summed E-state index contributed by atoms with van der Waals surface area (Å²) in [6.07, 6.45) is 6.47. The lowest BCUT2D eigenvalue weighted by Gasteiger charge is -2.22. The first-order valence-corrected chi connectivity index (χ1v) is 9.79. The Kier molecular flexibility index (Phi) is 6.69. The molecule has 148 valence electrons. The summed E-state index contributed by atoms with van der Waals surface area (Å²) in [4.78, 5) is 24.0. The van der Waals surface area contributed by atoms with E-state index in [2.05, 4.69) is 17.4 Å². The van der Waals surface area contributed by atoms with Crippen LogP contribution < -0.4 is 10.1 Å². The summed E-state index contributed by atoms with van der Waals surface area (Å²) < 4.78 is 10.4. The van der Waals surface area contributed by atoms with E-state index in [9.17, 15) is 9.59 Å². The summed E-state index contributed by atoms with van der Waals surface area (Å²) in [5.41, 5.74) is 3.02. The van der Waals surface area contributed by atoms with E-state index < -0.39 is 5.97 Å². The first-order valence-electron chi connectivity index (χ1n) is 9.79. The Bertz CT molecular complexity index is 823. The summed E-state index contributed by atoms with van der Waals surface area (Å²) in [5, 5.41) is 2.79. The fraction of sp³-hybridized carbons (Fsp3) is 0.391. The average molecular weight is 381 g/mol. The van der Waals surface area contributed by atoms with Crippen molar-refractivity contribution in [2.45, 2.75) is 44.9 Å². The summed E-state index contributed by atoms with van der Waals surface area (Å²) >= 11 is 0. The van der Waals surface area contributed by atoms with Gasteiger partial charge in [-0.1, -0.05) is 37.5 Å². The summed E-state index contributed by atoms with van der Waals surface area (Å²) in [6, 6.07) is 13.2. The minimum absolute atomic E-state index is 0.0926. The molecule has 1 amide bonds. The molecular formula is C23H27NO4. The normalized spacial score (nSPS) is 14.4. The van der Waals surface area contributed by atoms with E-state index in [1.807, 2.05) is 12.1 Å². The van der Waals surface area contributed by atoms with Crippen molar-refractivity contribution in [3.05, 3.63) is 59.2 Å². The molecule has 2 aromatic carbocycles. The van der Waals surface area contributed by atoms with Crippen LogP contribution in [-0.4, -0.2) is 25.6 Å². The molecule has 28 heavy (non-hydrogen) atoms. The maximum absolute atomic E-state index is 12.3. The third-order valence-corrected chi connectivity index (χ3v) is 5.34. The van der Waals surface area contributed by atoms with Crippen molar-refractivity contribution >= 4 is 17.6 Å². The van der Waals surface area contributed by atoms with Gasteiger partial charge in [0.1, 0.15) is 5.75 Å². The number of carbonyl (C=O) groups is 2. The van der Waals surface area contributed by atoms with Crippen LogP contribution in [-0.2, 0) is 9.53 Å². The van der Waals surface area contributed by atoms with Crippen LogP contribution in [0.1, 0.15) is 59.5 Å². The Morgan fingerprint density at radius 1 is 1.04 bits per heavy atom. The lowest BCUT2D eigenvalue weighted by Crippen LogP contribution is -2.21. The summed E-state index contributed by atoms with van der Waals surface area (Å²) in [6.45, 7) is 1.68. The van der Waals surface area contributed by atoms with Gasteiger partial charge in [0, 0.05) is 5.69 Å². The van der Waals surface area contributed by atoms with E-state index >= 15 is 0 Å². The topological polar surface area (TPSA) is 64.6 Å². The Hall–Kier alpha value is -2.82. The molecule has 1 saturated carbocycles. The molecule has 5 nitrogen and oxygen atoms in total. The monoisotopic (exact) mass is 381 g/mol. The van der Waals surface area contributed by atoms with Crippen molar-refractivity contribution in [3.8, 4) is 5.75 Å². The minimum atomic E-state index is -0.428. The molecule has 1 aliphatic rings. The molecule has 0 aromatic heterocycles. The van der Waals surface area contributed by atoms with E-state index in [-0.39, 0.29) is 12.5 Å². The molecule has 0 saturated heterocycles. The zero-order chi connectivity index (χ0) is 19.9. The summed E-state index contributed by atoms with van der Waals surface area (Å²) in [7, 11) is 1.33. The molecule has 1 fully saturated rings. The number of hydrogen-bond donors (Lipinski definition) is 1. The molecule has 3 rings (SSSR count). The van der Waals surface area contributed by atoms with Gasteiger partial charge < -0.3 is 14.8 Å². The van der Waals surface area contributed by atoms with Crippen molar-refractivity contribution in [1.29, 1.82) is 0 Å². The minimum Gasteiger partial charge on any atom is -0.484 e. The Morgan fingerprint density at radius 3 is 2.43 bits per heavy atom. The van der Waals surface area contributed by atoms with Gasteiger partial charge in [-0.15, -0.1) is 0 Å². The first kappa shape index (κ1) is 19.9. The van der Waals surface area contributed by atoms with Crippen molar-refractivity contribution in [1.82, 2.24) is 0 Å². The lowest BCUT2D eigenvalue weighted by molar-refractivity contribution is -0.118. The van der Waals surface area contributed by atoms with Crippen LogP contribution in [0.3, 0.4) is 0 Å². The number of carbonyl (C=O) groups excluding carboxylic acids is 2. The highest BCUT2D eigenvalue weighted by atomic mass is 16.5. The standard InChI is InChI=1S/C23H27NO4/c1-16-20(23(26)27-2)9-6-10-21(16)24-22(25)15-28-19-13-11-18(12-14-19)17-7-4-3-5-8-17/h6,9-14,17H,3-5,7-8,15H2,1-2H3,(H,24,25). The molecule has 0 heterocycles. The highest BCUT2D eigenvalue weighted by molar-refractivity contribution is 5.97. The highest BCUT2D eigenvalue weighted by Gasteiger charge is 2.16. The second-order valence-electron chi connectivity index (χ2n) is 7.21. The molecule has 0 unspecified atom stereocenters.